The van der Waals surface area contributed by atoms with E-state index >= 15 is 0 Å². The number of amides is 3. The molecule has 1 saturated heterocycles. The standard InChI is InChI=1S/C21H19N3O3S/c25-16(23-21-22-15(11-28-21)12-4-2-1-3-5-12)8-9-24-19(26)17-13-6-7-14(10-13)18(17)20(24)27/h1-7,11,13-14,17-18H,8-10H2,(H,22,23,25)/t13-,14-,17-,18+/m0/s1. The van der Waals surface area contributed by atoms with Gasteiger partial charge in [-0.25, -0.2) is 4.98 Å². The number of imide groups is 1. The Morgan fingerprint density at radius 2 is 1.79 bits per heavy atom. The van der Waals surface area contributed by atoms with Crippen molar-refractivity contribution in [3.8, 4) is 11.3 Å². The van der Waals surface area contributed by atoms with Gasteiger partial charge < -0.3 is 5.32 Å². The number of rotatable bonds is 5. The van der Waals surface area contributed by atoms with Gasteiger partial charge in [-0.05, 0) is 18.3 Å². The van der Waals surface area contributed by atoms with E-state index in [-0.39, 0.29) is 54.4 Å². The summed E-state index contributed by atoms with van der Waals surface area (Å²) in [5, 5.41) is 5.18. The van der Waals surface area contributed by atoms with Crippen LogP contribution in [0.15, 0.2) is 47.9 Å². The van der Waals surface area contributed by atoms with Gasteiger partial charge in [0.2, 0.25) is 17.7 Å². The predicted molar refractivity (Wildman–Crippen MR) is 105 cm³/mol. The first kappa shape index (κ1) is 17.3. The second kappa shape index (κ2) is 6.67. The smallest absolute Gasteiger partial charge is 0.233 e. The van der Waals surface area contributed by atoms with E-state index in [1.807, 2.05) is 35.7 Å². The van der Waals surface area contributed by atoms with Gasteiger partial charge in [0.05, 0.1) is 17.5 Å². The lowest BCUT2D eigenvalue weighted by Crippen LogP contribution is -2.35. The van der Waals surface area contributed by atoms with Gasteiger partial charge >= 0.3 is 0 Å². The molecule has 2 aliphatic carbocycles. The Labute approximate surface area is 166 Å². The number of likely N-dealkylation sites (tertiary alicyclic amines) is 1. The number of thiazole rings is 1. The summed E-state index contributed by atoms with van der Waals surface area (Å²) in [6.07, 6.45) is 5.13. The molecule has 1 aromatic heterocycles. The number of hydrogen-bond donors (Lipinski definition) is 1. The number of nitrogens with one attached hydrogen (secondary N) is 1. The molecule has 2 heterocycles. The predicted octanol–water partition coefficient (Wildman–Crippen LogP) is 2.95. The average Bonchev–Trinajstić information content (AvgIpc) is 3.47. The Kier molecular flexibility index (Phi) is 4.12. The summed E-state index contributed by atoms with van der Waals surface area (Å²) < 4.78 is 0. The number of allylic oxidation sites excluding steroid dienone is 2. The zero-order valence-electron chi connectivity index (χ0n) is 15.1. The highest BCUT2D eigenvalue weighted by molar-refractivity contribution is 7.14. The molecule has 0 unspecified atom stereocenters. The molecule has 1 aliphatic heterocycles. The summed E-state index contributed by atoms with van der Waals surface area (Å²) in [7, 11) is 0. The Morgan fingerprint density at radius 3 is 2.46 bits per heavy atom. The minimum atomic E-state index is -0.243. The number of carbonyl (C=O) groups excluding carboxylic acids is 3. The Balaban J connectivity index is 1.19. The molecule has 1 aromatic carbocycles. The Morgan fingerprint density at radius 1 is 1.11 bits per heavy atom. The zero-order chi connectivity index (χ0) is 19.3. The van der Waals surface area contributed by atoms with Gasteiger partial charge in [0, 0.05) is 23.9 Å². The third-order valence-electron chi connectivity index (χ3n) is 5.94. The highest BCUT2D eigenvalue weighted by Gasteiger charge is 2.59. The number of benzene rings is 1. The summed E-state index contributed by atoms with van der Waals surface area (Å²) in [6.45, 7) is 0.132. The minimum absolute atomic E-state index is 0.0833. The molecule has 0 radical (unpaired) electrons. The maximum atomic E-state index is 12.6. The van der Waals surface area contributed by atoms with Gasteiger partial charge in [0.1, 0.15) is 0 Å². The van der Waals surface area contributed by atoms with E-state index in [9.17, 15) is 14.4 Å². The van der Waals surface area contributed by atoms with E-state index in [2.05, 4.69) is 22.5 Å². The number of hydrogen-bond acceptors (Lipinski definition) is 5. The first-order valence-corrected chi connectivity index (χ1v) is 10.3. The van der Waals surface area contributed by atoms with Crippen LogP contribution in [0.2, 0.25) is 0 Å². The minimum Gasteiger partial charge on any atom is -0.302 e. The van der Waals surface area contributed by atoms with Crippen LogP contribution in [0.25, 0.3) is 11.3 Å². The highest BCUT2D eigenvalue weighted by Crippen LogP contribution is 2.52. The van der Waals surface area contributed by atoms with Crippen LogP contribution in [0, 0.1) is 23.7 Å². The molecular weight excluding hydrogens is 374 g/mol. The number of carbonyl (C=O) groups is 3. The first-order valence-electron chi connectivity index (χ1n) is 9.46. The van der Waals surface area contributed by atoms with Crippen molar-refractivity contribution in [1.29, 1.82) is 0 Å². The molecule has 6 nitrogen and oxygen atoms in total. The molecule has 2 fully saturated rings. The fraction of sp³-hybridized carbons (Fsp3) is 0.333. The molecule has 0 spiro atoms. The average molecular weight is 393 g/mol. The monoisotopic (exact) mass is 393 g/mol. The lowest BCUT2D eigenvalue weighted by molar-refractivity contribution is -0.140. The van der Waals surface area contributed by atoms with E-state index in [1.165, 1.54) is 16.2 Å². The van der Waals surface area contributed by atoms with Gasteiger partial charge in [0.15, 0.2) is 5.13 Å². The maximum absolute atomic E-state index is 12.6. The highest BCUT2D eigenvalue weighted by atomic mass is 32.1. The van der Waals surface area contributed by atoms with Gasteiger partial charge in [0.25, 0.3) is 0 Å². The number of nitrogens with zero attached hydrogens (tertiary/aromatic N) is 2. The van der Waals surface area contributed by atoms with Crippen molar-refractivity contribution in [2.45, 2.75) is 12.8 Å². The van der Waals surface area contributed by atoms with Crippen molar-refractivity contribution in [2.24, 2.45) is 23.7 Å². The van der Waals surface area contributed by atoms with Crippen LogP contribution in [0.1, 0.15) is 12.8 Å². The van der Waals surface area contributed by atoms with Gasteiger partial charge in [-0.2, -0.15) is 0 Å². The lowest BCUT2D eigenvalue weighted by Gasteiger charge is -2.16. The van der Waals surface area contributed by atoms with Crippen LogP contribution >= 0.6 is 11.3 Å². The van der Waals surface area contributed by atoms with E-state index < -0.39 is 0 Å². The van der Waals surface area contributed by atoms with Crippen molar-refractivity contribution in [3.05, 3.63) is 47.9 Å². The molecule has 3 amide bonds. The second-order valence-electron chi connectivity index (χ2n) is 7.53. The summed E-state index contributed by atoms with van der Waals surface area (Å²) in [4.78, 5) is 43.3. The quantitative estimate of drug-likeness (QED) is 0.626. The molecule has 7 heteroatoms. The summed E-state index contributed by atoms with van der Waals surface area (Å²) in [5.41, 5.74) is 1.80. The molecular formula is C21H19N3O3S. The normalized spacial score (nSPS) is 27.5. The topological polar surface area (TPSA) is 79.4 Å². The molecule has 1 N–H and O–H groups in total. The van der Waals surface area contributed by atoms with Crippen LogP contribution in [0.4, 0.5) is 5.13 Å². The molecule has 1 saturated carbocycles. The molecule has 2 bridgehead atoms. The molecule has 3 aliphatic rings. The molecule has 2 aromatic rings. The lowest BCUT2D eigenvalue weighted by atomic mass is 9.85. The largest absolute Gasteiger partial charge is 0.302 e. The van der Waals surface area contributed by atoms with E-state index in [1.54, 1.807) is 0 Å². The zero-order valence-corrected chi connectivity index (χ0v) is 15.9. The van der Waals surface area contributed by atoms with Gasteiger partial charge in [-0.1, -0.05) is 42.5 Å². The van der Waals surface area contributed by atoms with Crippen molar-refractivity contribution in [2.75, 3.05) is 11.9 Å². The summed E-state index contributed by atoms with van der Waals surface area (Å²) in [5.74, 6) is -0.502. The van der Waals surface area contributed by atoms with Crippen LogP contribution in [-0.4, -0.2) is 34.2 Å². The van der Waals surface area contributed by atoms with Gasteiger partial charge in [-0.15, -0.1) is 11.3 Å². The fourth-order valence-corrected chi connectivity index (χ4v) is 5.39. The Hall–Kier alpha value is -2.80. The molecule has 4 atom stereocenters. The number of anilines is 1. The number of aromatic nitrogens is 1. The van der Waals surface area contributed by atoms with Gasteiger partial charge in [-0.3, -0.25) is 19.3 Å². The molecule has 5 rings (SSSR count). The SMILES string of the molecule is O=C(CCN1C(=O)[C@@H]2[C@H](C1=O)[C@H]1C=C[C@H]2C1)Nc1nc(-c2ccccc2)cs1. The van der Waals surface area contributed by atoms with Crippen LogP contribution in [0.5, 0.6) is 0 Å². The fourth-order valence-electron chi connectivity index (χ4n) is 4.65. The molecule has 28 heavy (non-hydrogen) atoms. The summed E-state index contributed by atoms with van der Waals surface area (Å²) >= 11 is 1.36. The van der Waals surface area contributed by atoms with Crippen LogP contribution in [0.3, 0.4) is 0 Å². The van der Waals surface area contributed by atoms with Crippen molar-refractivity contribution in [3.63, 3.8) is 0 Å². The maximum Gasteiger partial charge on any atom is 0.233 e. The van der Waals surface area contributed by atoms with Crippen molar-refractivity contribution in [1.82, 2.24) is 9.88 Å². The van der Waals surface area contributed by atoms with Crippen molar-refractivity contribution >= 4 is 34.2 Å². The number of fused-ring (bicyclic) bond motifs is 5. The molecule has 142 valence electrons. The van der Waals surface area contributed by atoms with Crippen molar-refractivity contribution < 1.29 is 14.4 Å². The van der Waals surface area contributed by atoms with E-state index in [0.717, 1.165) is 17.7 Å². The van der Waals surface area contributed by atoms with Crippen LogP contribution < -0.4 is 5.32 Å². The first-order chi connectivity index (χ1) is 13.6. The van der Waals surface area contributed by atoms with E-state index in [4.69, 9.17) is 0 Å². The second-order valence-corrected chi connectivity index (χ2v) is 8.39. The summed E-state index contributed by atoms with van der Waals surface area (Å²) in [6, 6.07) is 9.74. The third-order valence-corrected chi connectivity index (χ3v) is 6.70. The van der Waals surface area contributed by atoms with E-state index in [0.29, 0.717) is 5.13 Å². The van der Waals surface area contributed by atoms with Crippen LogP contribution in [-0.2, 0) is 14.4 Å². The Bertz CT molecular complexity index is 954. The third kappa shape index (κ3) is 2.77.